The molecule has 1 aromatic carbocycles. The molecule has 0 saturated heterocycles. The van der Waals surface area contributed by atoms with E-state index in [0.717, 1.165) is 5.01 Å². The average molecular weight is 312 g/mol. The Kier molecular flexibility index (Phi) is 4.58. The summed E-state index contributed by atoms with van der Waals surface area (Å²) in [6.07, 6.45) is 0. The van der Waals surface area contributed by atoms with Crippen LogP contribution in [0, 0.1) is 5.41 Å². The third-order valence-electron chi connectivity index (χ3n) is 3.10. The van der Waals surface area contributed by atoms with E-state index in [1.165, 1.54) is 17.4 Å². The summed E-state index contributed by atoms with van der Waals surface area (Å²) in [5.41, 5.74) is 7.21. The van der Waals surface area contributed by atoms with Gasteiger partial charge in [-0.1, -0.05) is 32.9 Å². The Bertz CT molecular complexity index is 608. The molecule has 21 heavy (non-hydrogen) atoms. The number of aromatic nitrogens is 1. The number of nitrogens with zero attached hydrogens (tertiary/aromatic N) is 1. The number of thiazole rings is 1. The number of para-hydroxylation sites is 1. The number of ether oxygens (including phenoxy) is 1. The molecule has 1 atom stereocenters. The molecular weight excluding hydrogens is 294 g/mol. The van der Waals surface area contributed by atoms with Gasteiger partial charge in [0.25, 0.3) is 0 Å². The maximum atomic E-state index is 12.4. The van der Waals surface area contributed by atoms with Crippen molar-refractivity contribution in [2.45, 2.75) is 33.4 Å². The molecule has 2 N–H and O–H groups in total. The molecule has 0 aliphatic heterocycles. The summed E-state index contributed by atoms with van der Waals surface area (Å²) in [6, 6.07) is 6.41. The Labute approximate surface area is 126 Å². The van der Waals surface area contributed by atoms with Crippen molar-refractivity contribution in [3.63, 3.8) is 0 Å². The molecule has 0 bridgehead atoms. The van der Waals surface area contributed by atoms with Gasteiger partial charge in [0, 0.05) is 10.9 Å². The van der Waals surface area contributed by atoms with Crippen LogP contribution < -0.4 is 10.5 Å². The molecule has 6 heteroatoms. The van der Waals surface area contributed by atoms with Gasteiger partial charge in [0.1, 0.15) is 10.8 Å². The van der Waals surface area contributed by atoms with Gasteiger partial charge < -0.3 is 10.5 Å². The third kappa shape index (κ3) is 3.77. The van der Waals surface area contributed by atoms with Gasteiger partial charge in [-0.25, -0.2) is 4.98 Å². The second-order valence-electron chi connectivity index (χ2n) is 5.79. The Balaban J connectivity index is 2.34. The first kappa shape index (κ1) is 15.9. The van der Waals surface area contributed by atoms with Crippen LogP contribution in [0.4, 0.5) is 8.78 Å². The largest absolute Gasteiger partial charge is 0.434 e. The number of hydrogen-bond donors (Lipinski definition) is 1. The van der Waals surface area contributed by atoms with E-state index in [0.29, 0.717) is 11.3 Å². The van der Waals surface area contributed by atoms with Gasteiger partial charge >= 0.3 is 6.61 Å². The molecule has 1 unspecified atom stereocenters. The van der Waals surface area contributed by atoms with E-state index in [1.807, 2.05) is 26.2 Å². The van der Waals surface area contributed by atoms with Crippen molar-refractivity contribution in [1.29, 1.82) is 0 Å². The van der Waals surface area contributed by atoms with Crippen molar-refractivity contribution in [2.24, 2.45) is 11.1 Å². The van der Waals surface area contributed by atoms with Crippen molar-refractivity contribution in [2.75, 3.05) is 0 Å². The third-order valence-corrected chi connectivity index (χ3v) is 4.03. The molecule has 1 aromatic heterocycles. The van der Waals surface area contributed by atoms with Crippen LogP contribution in [0.3, 0.4) is 0 Å². The summed E-state index contributed by atoms with van der Waals surface area (Å²) in [5, 5.41) is 2.60. The van der Waals surface area contributed by atoms with Gasteiger partial charge in [0.05, 0.1) is 11.7 Å². The van der Waals surface area contributed by atoms with Crippen molar-refractivity contribution in [3.8, 4) is 17.0 Å². The molecule has 1 heterocycles. The number of nitrogens with two attached hydrogens (primary N) is 1. The van der Waals surface area contributed by atoms with E-state index in [4.69, 9.17) is 5.73 Å². The Hall–Kier alpha value is -1.53. The van der Waals surface area contributed by atoms with Crippen molar-refractivity contribution in [3.05, 3.63) is 34.7 Å². The minimum Gasteiger partial charge on any atom is -0.434 e. The van der Waals surface area contributed by atoms with E-state index >= 15 is 0 Å². The van der Waals surface area contributed by atoms with Gasteiger partial charge in [0.2, 0.25) is 0 Å². The first-order valence-corrected chi connectivity index (χ1v) is 7.42. The van der Waals surface area contributed by atoms with Gasteiger partial charge in [-0.3, -0.25) is 0 Å². The summed E-state index contributed by atoms with van der Waals surface area (Å²) in [4.78, 5) is 4.48. The highest BCUT2D eigenvalue weighted by Crippen LogP contribution is 2.36. The fourth-order valence-electron chi connectivity index (χ4n) is 1.80. The highest BCUT2D eigenvalue weighted by Gasteiger charge is 2.25. The highest BCUT2D eigenvalue weighted by molar-refractivity contribution is 7.10. The molecule has 0 amide bonds. The Morgan fingerprint density at radius 2 is 1.90 bits per heavy atom. The van der Waals surface area contributed by atoms with Crippen LogP contribution in [0.25, 0.3) is 11.3 Å². The molecule has 2 rings (SSSR count). The zero-order valence-electron chi connectivity index (χ0n) is 12.1. The number of halogens is 2. The Morgan fingerprint density at radius 1 is 1.24 bits per heavy atom. The molecule has 3 nitrogen and oxygen atoms in total. The van der Waals surface area contributed by atoms with Gasteiger partial charge in [0.15, 0.2) is 0 Å². The molecule has 114 valence electrons. The molecule has 0 saturated carbocycles. The van der Waals surface area contributed by atoms with E-state index in [9.17, 15) is 8.78 Å². The number of alkyl halides is 2. The highest BCUT2D eigenvalue weighted by atomic mass is 32.1. The molecule has 0 radical (unpaired) electrons. The smallest absolute Gasteiger partial charge is 0.387 e. The number of rotatable bonds is 4. The van der Waals surface area contributed by atoms with E-state index < -0.39 is 6.61 Å². The zero-order chi connectivity index (χ0) is 15.6. The van der Waals surface area contributed by atoms with Gasteiger partial charge in [-0.15, -0.1) is 11.3 Å². The summed E-state index contributed by atoms with van der Waals surface area (Å²) in [7, 11) is 0. The zero-order valence-corrected chi connectivity index (χ0v) is 13.0. The molecule has 0 aliphatic rings. The van der Waals surface area contributed by atoms with Gasteiger partial charge in [-0.05, 0) is 17.5 Å². The van der Waals surface area contributed by atoms with Crippen LogP contribution in [0.15, 0.2) is 29.6 Å². The van der Waals surface area contributed by atoms with Crippen LogP contribution in [-0.4, -0.2) is 11.6 Å². The lowest BCUT2D eigenvalue weighted by atomic mass is 9.88. The molecule has 0 spiro atoms. The summed E-state index contributed by atoms with van der Waals surface area (Å²) in [5.74, 6) is 0.119. The van der Waals surface area contributed by atoms with E-state index in [1.54, 1.807) is 18.2 Å². The van der Waals surface area contributed by atoms with E-state index in [-0.39, 0.29) is 17.2 Å². The van der Waals surface area contributed by atoms with Crippen LogP contribution in [0.5, 0.6) is 5.75 Å². The summed E-state index contributed by atoms with van der Waals surface area (Å²) in [6.45, 7) is 3.24. The summed E-state index contributed by atoms with van der Waals surface area (Å²) >= 11 is 1.43. The monoisotopic (exact) mass is 312 g/mol. The van der Waals surface area contributed by atoms with Crippen LogP contribution in [0.1, 0.15) is 31.8 Å². The van der Waals surface area contributed by atoms with E-state index in [2.05, 4.69) is 9.72 Å². The van der Waals surface area contributed by atoms with Gasteiger partial charge in [-0.2, -0.15) is 8.78 Å². The lowest BCUT2D eigenvalue weighted by Crippen LogP contribution is -2.26. The van der Waals surface area contributed by atoms with Crippen LogP contribution in [0.2, 0.25) is 0 Å². The first-order chi connectivity index (χ1) is 9.79. The average Bonchev–Trinajstić information content (AvgIpc) is 2.86. The maximum Gasteiger partial charge on any atom is 0.387 e. The molecule has 0 fully saturated rings. The quantitative estimate of drug-likeness (QED) is 0.907. The maximum absolute atomic E-state index is 12.4. The van der Waals surface area contributed by atoms with Crippen molar-refractivity contribution in [1.82, 2.24) is 4.98 Å². The minimum atomic E-state index is -2.86. The normalized spacial score (nSPS) is 13.5. The van der Waals surface area contributed by atoms with Crippen molar-refractivity contribution >= 4 is 11.3 Å². The summed E-state index contributed by atoms with van der Waals surface area (Å²) < 4.78 is 29.4. The Morgan fingerprint density at radius 3 is 2.52 bits per heavy atom. The minimum absolute atomic E-state index is 0.117. The number of hydrogen-bond acceptors (Lipinski definition) is 4. The fourth-order valence-corrected chi connectivity index (χ4v) is 2.86. The SMILES string of the molecule is CC(C)(C)C(N)c1nc(-c2ccccc2OC(F)F)cs1. The van der Waals surface area contributed by atoms with Crippen LogP contribution in [-0.2, 0) is 0 Å². The molecular formula is C15H18F2N2OS. The van der Waals surface area contributed by atoms with Crippen molar-refractivity contribution < 1.29 is 13.5 Å². The topological polar surface area (TPSA) is 48.1 Å². The molecule has 2 aromatic rings. The fraction of sp³-hybridized carbons (Fsp3) is 0.400. The number of benzene rings is 1. The predicted molar refractivity (Wildman–Crippen MR) is 80.6 cm³/mol. The lowest BCUT2D eigenvalue weighted by molar-refractivity contribution is -0.0494. The standard InChI is InChI=1S/C15H18F2N2OS/c1-15(2,3)12(18)13-19-10(8-21-13)9-6-4-5-7-11(9)20-14(16)17/h4-8,12,14H,18H2,1-3H3. The second-order valence-corrected chi connectivity index (χ2v) is 6.68. The predicted octanol–water partition coefficient (Wildman–Crippen LogP) is 4.46. The first-order valence-electron chi connectivity index (χ1n) is 6.54. The van der Waals surface area contributed by atoms with Crippen LogP contribution >= 0.6 is 11.3 Å². The lowest BCUT2D eigenvalue weighted by Gasteiger charge is -2.24. The second kappa shape index (κ2) is 6.07. The molecule has 0 aliphatic carbocycles.